The molecule has 1 aromatic heterocycles. The number of hydrogen-bond donors (Lipinski definition) is 1. The standard InChI is InChI=1S/C20H17N3O4S/c24-16-12-4-1-2-5-13(12)17(25)22(16)9-10-23-18(26)20(21-19(23)27)8-3-6-15-14(20)7-11-28-15/h1-2,4-5,7,11H,3,6,8-10H2,(H,21,27)/t20-/m1/s1. The number of aryl methyl sites for hydroxylation is 1. The van der Waals surface area contributed by atoms with Crippen LogP contribution in [0.1, 0.15) is 44.0 Å². The molecule has 1 atom stereocenters. The first-order valence-electron chi connectivity index (χ1n) is 9.19. The van der Waals surface area contributed by atoms with Crippen molar-refractivity contribution >= 4 is 35.1 Å². The fourth-order valence-electron chi connectivity index (χ4n) is 4.39. The zero-order chi connectivity index (χ0) is 19.5. The predicted molar refractivity (Wildman–Crippen MR) is 101 cm³/mol. The van der Waals surface area contributed by atoms with Crippen LogP contribution in [0, 0.1) is 0 Å². The van der Waals surface area contributed by atoms with Gasteiger partial charge in [0.25, 0.3) is 17.7 Å². The molecule has 3 heterocycles. The maximum absolute atomic E-state index is 13.2. The van der Waals surface area contributed by atoms with Gasteiger partial charge in [0.2, 0.25) is 0 Å². The lowest BCUT2D eigenvalue weighted by atomic mass is 9.80. The van der Waals surface area contributed by atoms with Gasteiger partial charge in [-0.3, -0.25) is 24.2 Å². The number of nitrogens with one attached hydrogen (secondary N) is 1. The van der Waals surface area contributed by atoms with E-state index in [1.807, 2.05) is 11.4 Å². The molecule has 2 aromatic rings. The van der Waals surface area contributed by atoms with Crippen LogP contribution in [-0.4, -0.2) is 46.6 Å². The van der Waals surface area contributed by atoms with Crippen LogP contribution >= 0.6 is 11.3 Å². The van der Waals surface area contributed by atoms with E-state index >= 15 is 0 Å². The average molecular weight is 395 g/mol. The quantitative estimate of drug-likeness (QED) is 0.637. The Labute approximate surface area is 164 Å². The molecule has 1 spiro atoms. The molecule has 2 aliphatic heterocycles. The Morgan fingerprint density at radius 1 is 0.964 bits per heavy atom. The van der Waals surface area contributed by atoms with E-state index in [4.69, 9.17) is 0 Å². The molecule has 8 heteroatoms. The molecule has 3 aliphatic rings. The summed E-state index contributed by atoms with van der Waals surface area (Å²) in [4.78, 5) is 54.2. The maximum atomic E-state index is 13.2. The van der Waals surface area contributed by atoms with Crippen molar-refractivity contribution in [1.82, 2.24) is 15.1 Å². The van der Waals surface area contributed by atoms with Gasteiger partial charge in [0.05, 0.1) is 11.1 Å². The van der Waals surface area contributed by atoms with E-state index in [9.17, 15) is 19.2 Å². The molecular weight excluding hydrogens is 378 g/mol. The third-order valence-corrected chi connectivity index (χ3v) is 6.74. The molecule has 1 saturated heterocycles. The Balaban J connectivity index is 1.37. The molecule has 1 aromatic carbocycles. The topological polar surface area (TPSA) is 86.8 Å². The van der Waals surface area contributed by atoms with Crippen LogP contribution in [0.3, 0.4) is 0 Å². The van der Waals surface area contributed by atoms with E-state index in [1.54, 1.807) is 35.6 Å². The minimum Gasteiger partial charge on any atom is -0.319 e. The zero-order valence-electron chi connectivity index (χ0n) is 14.9. The lowest BCUT2D eigenvalue weighted by Crippen LogP contribution is -2.46. The molecule has 5 rings (SSSR count). The maximum Gasteiger partial charge on any atom is 0.325 e. The second-order valence-electron chi connectivity index (χ2n) is 7.21. The average Bonchev–Trinajstić information content (AvgIpc) is 3.34. The summed E-state index contributed by atoms with van der Waals surface area (Å²) in [5, 5.41) is 4.83. The van der Waals surface area contributed by atoms with E-state index in [0.29, 0.717) is 17.5 Å². The lowest BCUT2D eigenvalue weighted by molar-refractivity contribution is -0.132. The van der Waals surface area contributed by atoms with Gasteiger partial charge in [0.1, 0.15) is 5.54 Å². The summed E-state index contributed by atoms with van der Waals surface area (Å²) < 4.78 is 0. The van der Waals surface area contributed by atoms with E-state index in [-0.39, 0.29) is 30.8 Å². The normalized spacial score (nSPS) is 23.4. The van der Waals surface area contributed by atoms with Crippen molar-refractivity contribution in [3.63, 3.8) is 0 Å². The zero-order valence-corrected chi connectivity index (χ0v) is 15.8. The van der Waals surface area contributed by atoms with Gasteiger partial charge >= 0.3 is 6.03 Å². The summed E-state index contributed by atoms with van der Waals surface area (Å²) in [6.45, 7) is -0.0323. The number of amides is 5. The second kappa shape index (κ2) is 6.00. The van der Waals surface area contributed by atoms with Gasteiger partial charge in [-0.1, -0.05) is 12.1 Å². The monoisotopic (exact) mass is 395 g/mol. The molecule has 1 aliphatic carbocycles. The lowest BCUT2D eigenvalue weighted by Gasteiger charge is -2.31. The molecule has 0 radical (unpaired) electrons. The van der Waals surface area contributed by atoms with Crippen molar-refractivity contribution in [2.45, 2.75) is 24.8 Å². The summed E-state index contributed by atoms with van der Waals surface area (Å²) in [7, 11) is 0. The number of rotatable bonds is 3. The second-order valence-corrected chi connectivity index (χ2v) is 8.21. The number of thiophene rings is 1. The van der Waals surface area contributed by atoms with Gasteiger partial charge in [-0.2, -0.15) is 0 Å². The van der Waals surface area contributed by atoms with E-state index in [1.165, 1.54) is 0 Å². The van der Waals surface area contributed by atoms with Crippen LogP contribution in [-0.2, 0) is 16.8 Å². The number of carbonyl (C=O) groups is 4. The molecule has 28 heavy (non-hydrogen) atoms. The van der Waals surface area contributed by atoms with Crippen molar-refractivity contribution in [3.8, 4) is 0 Å². The van der Waals surface area contributed by atoms with Gasteiger partial charge < -0.3 is 5.32 Å². The first-order valence-corrected chi connectivity index (χ1v) is 10.1. The van der Waals surface area contributed by atoms with Crippen molar-refractivity contribution in [1.29, 1.82) is 0 Å². The molecule has 0 unspecified atom stereocenters. The fraction of sp³-hybridized carbons (Fsp3) is 0.300. The number of hydrogen-bond acceptors (Lipinski definition) is 5. The number of benzene rings is 1. The third kappa shape index (κ3) is 2.21. The molecule has 1 fully saturated rings. The van der Waals surface area contributed by atoms with Gasteiger partial charge in [-0.05, 0) is 42.8 Å². The van der Waals surface area contributed by atoms with Crippen LogP contribution in [0.4, 0.5) is 4.79 Å². The third-order valence-electron chi connectivity index (χ3n) is 5.76. The Morgan fingerprint density at radius 3 is 2.36 bits per heavy atom. The smallest absolute Gasteiger partial charge is 0.319 e. The SMILES string of the molecule is O=C1N[C@@]2(CCCc3sccc32)C(=O)N1CCN1C(=O)c2ccccc2C1=O. The summed E-state index contributed by atoms with van der Waals surface area (Å²) in [6, 6.07) is 8.06. The number of carbonyl (C=O) groups excluding carboxylic acids is 4. The Kier molecular flexibility index (Phi) is 3.67. The Hall–Kier alpha value is -3.00. The van der Waals surface area contributed by atoms with Gasteiger partial charge in [-0.25, -0.2) is 4.79 Å². The summed E-state index contributed by atoms with van der Waals surface area (Å²) in [6.07, 6.45) is 2.30. The summed E-state index contributed by atoms with van der Waals surface area (Å²) >= 11 is 1.60. The van der Waals surface area contributed by atoms with Crippen LogP contribution < -0.4 is 5.32 Å². The number of fused-ring (bicyclic) bond motifs is 3. The van der Waals surface area contributed by atoms with Gasteiger partial charge in [0, 0.05) is 23.5 Å². The van der Waals surface area contributed by atoms with Crippen LogP contribution in [0.25, 0.3) is 0 Å². The Morgan fingerprint density at radius 2 is 1.64 bits per heavy atom. The molecule has 0 saturated carbocycles. The van der Waals surface area contributed by atoms with E-state index in [2.05, 4.69) is 5.32 Å². The number of nitrogens with zero attached hydrogens (tertiary/aromatic N) is 2. The van der Waals surface area contributed by atoms with E-state index < -0.39 is 11.6 Å². The van der Waals surface area contributed by atoms with Crippen LogP contribution in [0.2, 0.25) is 0 Å². The van der Waals surface area contributed by atoms with Gasteiger partial charge in [-0.15, -0.1) is 11.3 Å². The van der Waals surface area contributed by atoms with Crippen molar-refractivity contribution < 1.29 is 19.2 Å². The van der Waals surface area contributed by atoms with Crippen LogP contribution in [0.15, 0.2) is 35.7 Å². The highest BCUT2D eigenvalue weighted by molar-refractivity contribution is 7.10. The highest BCUT2D eigenvalue weighted by atomic mass is 32.1. The molecular formula is C20H17N3O4S. The molecule has 5 amide bonds. The number of urea groups is 1. The summed E-state index contributed by atoms with van der Waals surface area (Å²) in [5.41, 5.74) is 0.588. The first kappa shape index (κ1) is 17.1. The van der Waals surface area contributed by atoms with Crippen molar-refractivity contribution in [2.75, 3.05) is 13.1 Å². The van der Waals surface area contributed by atoms with E-state index in [0.717, 1.165) is 33.1 Å². The minimum atomic E-state index is -1.01. The van der Waals surface area contributed by atoms with Gasteiger partial charge in [0.15, 0.2) is 0 Å². The number of imide groups is 2. The largest absolute Gasteiger partial charge is 0.325 e. The van der Waals surface area contributed by atoms with Crippen molar-refractivity contribution in [2.24, 2.45) is 0 Å². The molecule has 0 bridgehead atoms. The highest BCUT2D eigenvalue weighted by Gasteiger charge is 2.54. The fourth-order valence-corrected chi connectivity index (χ4v) is 5.39. The molecule has 1 N–H and O–H groups in total. The van der Waals surface area contributed by atoms with Crippen molar-refractivity contribution in [3.05, 3.63) is 57.3 Å². The molecule has 142 valence electrons. The Bertz CT molecular complexity index is 1010. The first-order chi connectivity index (χ1) is 13.5. The predicted octanol–water partition coefficient (Wildman–Crippen LogP) is 2.13. The van der Waals surface area contributed by atoms with Crippen LogP contribution in [0.5, 0.6) is 0 Å². The molecule has 7 nitrogen and oxygen atoms in total. The minimum absolute atomic E-state index is 0.0158. The summed E-state index contributed by atoms with van der Waals surface area (Å²) in [5.74, 6) is -1.08. The highest BCUT2D eigenvalue weighted by Crippen LogP contribution is 2.42.